The van der Waals surface area contributed by atoms with E-state index >= 15 is 0 Å². The number of hydrogen-bond donors (Lipinski definition) is 1. The minimum Gasteiger partial charge on any atom is -0.481 e. The summed E-state index contributed by atoms with van der Waals surface area (Å²) in [5.41, 5.74) is 0.813. The number of amides is 2. The maximum Gasteiger partial charge on any atom is 0.324 e. The van der Waals surface area contributed by atoms with Gasteiger partial charge in [-0.2, -0.15) is 0 Å². The zero-order chi connectivity index (χ0) is 13.8. The van der Waals surface area contributed by atoms with Crippen LogP contribution < -0.4 is 4.90 Å². The summed E-state index contributed by atoms with van der Waals surface area (Å²) in [5.74, 6) is -0.855. The quantitative estimate of drug-likeness (QED) is 0.908. The normalized spacial score (nSPS) is 18.4. The van der Waals surface area contributed by atoms with E-state index in [9.17, 15) is 9.59 Å². The van der Waals surface area contributed by atoms with Crippen LogP contribution in [0.5, 0.6) is 0 Å². The molecule has 0 aliphatic carbocycles. The van der Waals surface area contributed by atoms with Crippen LogP contribution >= 0.6 is 0 Å². The number of anilines is 1. The number of likely N-dealkylation sites (tertiary alicyclic amines) is 1. The van der Waals surface area contributed by atoms with Crippen molar-refractivity contribution in [2.24, 2.45) is 0 Å². The fourth-order valence-electron chi connectivity index (χ4n) is 2.46. The number of carbonyl (C=O) groups excluding carboxylic acids is 1. The second kappa shape index (κ2) is 5.73. The van der Waals surface area contributed by atoms with E-state index < -0.39 is 5.97 Å². The lowest BCUT2D eigenvalue weighted by Crippen LogP contribution is -2.44. The number of carboxylic acids is 1. The molecule has 5 nitrogen and oxygen atoms in total. The van der Waals surface area contributed by atoms with E-state index in [-0.39, 0.29) is 18.5 Å². The highest BCUT2D eigenvalue weighted by Crippen LogP contribution is 2.23. The van der Waals surface area contributed by atoms with Crippen molar-refractivity contribution in [2.75, 3.05) is 18.5 Å². The Morgan fingerprint density at radius 3 is 2.68 bits per heavy atom. The number of carbonyl (C=O) groups is 2. The average Bonchev–Trinajstić information content (AvgIpc) is 2.85. The summed E-state index contributed by atoms with van der Waals surface area (Å²) in [7, 11) is 1.72. The van der Waals surface area contributed by atoms with E-state index in [0.717, 1.165) is 18.5 Å². The molecule has 102 valence electrons. The third-order valence-electron chi connectivity index (χ3n) is 3.46. The third-order valence-corrected chi connectivity index (χ3v) is 3.46. The Morgan fingerprint density at radius 2 is 2.05 bits per heavy atom. The Kier molecular flexibility index (Phi) is 4.04. The molecule has 1 aliphatic rings. The van der Waals surface area contributed by atoms with Gasteiger partial charge in [0.15, 0.2) is 0 Å². The standard InChI is InChI=1S/C14H18N2O3/c1-15(11-6-3-2-4-7-11)14(19)16-9-5-8-12(16)10-13(17)18/h2-4,6-7,12H,5,8-10H2,1H3,(H,17,18). The van der Waals surface area contributed by atoms with Crippen molar-refractivity contribution in [3.8, 4) is 0 Å². The van der Waals surface area contributed by atoms with Crippen LogP contribution in [0.15, 0.2) is 30.3 Å². The molecule has 1 fully saturated rings. The summed E-state index contributed by atoms with van der Waals surface area (Å²) in [4.78, 5) is 26.4. The summed E-state index contributed by atoms with van der Waals surface area (Å²) < 4.78 is 0. The number of para-hydroxylation sites is 1. The van der Waals surface area contributed by atoms with Gasteiger partial charge in [0.05, 0.1) is 6.42 Å². The number of urea groups is 1. The molecule has 1 atom stereocenters. The number of aliphatic carboxylic acids is 1. The number of hydrogen-bond acceptors (Lipinski definition) is 2. The van der Waals surface area contributed by atoms with Gasteiger partial charge in [-0.1, -0.05) is 18.2 Å². The molecule has 1 heterocycles. The zero-order valence-corrected chi connectivity index (χ0v) is 11.0. The van der Waals surface area contributed by atoms with Gasteiger partial charge in [-0.25, -0.2) is 4.79 Å². The first-order valence-corrected chi connectivity index (χ1v) is 6.41. The van der Waals surface area contributed by atoms with Crippen molar-refractivity contribution < 1.29 is 14.7 Å². The predicted octanol–water partition coefficient (Wildman–Crippen LogP) is 2.18. The average molecular weight is 262 g/mol. The van der Waals surface area contributed by atoms with E-state index in [2.05, 4.69) is 0 Å². The highest BCUT2D eigenvalue weighted by atomic mass is 16.4. The second-order valence-corrected chi connectivity index (χ2v) is 4.76. The fourth-order valence-corrected chi connectivity index (χ4v) is 2.46. The molecule has 5 heteroatoms. The summed E-state index contributed by atoms with van der Waals surface area (Å²) in [5, 5.41) is 8.88. The summed E-state index contributed by atoms with van der Waals surface area (Å²) in [6, 6.07) is 9.05. The van der Waals surface area contributed by atoms with Crippen molar-refractivity contribution in [1.82, 2.24) is 4.90 Å². The Balaban J connectivity index is 2.08. The molecule has 1 aromatic rings. The van der Waals surface area contributed by atoms with Crippen molar-refractivity contribution in [2.45, 2.75) is 25.3 Å². The molecule has 0 radical (unpaired) electrons. The van der Waals surface area contributed by atoms with Crippen LogP contribution in [0, 0.1) is 0 Å². The summed E-state index contributed by atoms with van der Waals surface area (Å²) >= 11 is 0. The van der Waals surface area contributed by atoms with E-state index in [4.69, 9.17) is 5.11 Å². The number of carboxylic acid groups (broad SMARTS) is 1. The molecule has 2 amide bonds. The molecule has 1 N–H and O–H groups in total. The Labute approximate surface area is 112 Å². The Hall–Kier alpha value is -2.04. The van der Waals surface area contributed by atoms with Crippen molar-refractivity contribution in [3.63, 3.8) is 0 Å². The highest BCUT2D eigenvalue weighted by Gasteiger charge is 2.32. The number of nitrogens with zero attached hydrogens (tertiary/aromatic N) is 2. The van der Waals surface area contributed by atoms with Gasteiger partial charge in [-0.05, 0) is 25.0 Å². The topological polar surface area (TPSA) is 60.9 Å². The smallest absolute Gasteiger partial charge is 0.324 e. The Bertz CT molecular complexity index is 461. The maximum absolute atomic E-state index is 12.4. The van der Waals surface area contributed by atoms with Crippen LogP contribution in [0.1, 0.15) is 19.3 Å². The molecule has 1 aliphatic heterocycles. The van der Waals surface area contributed by atoms with Crippen LogP contribution in [0.3, 0.4) is 0 Å². The lowest BCUT2D eigenvalue weighted by molar-refractivity contribution is -0.137. The molecule has 1 unspecified atom stereocenters. The monoisotopic (exact) mass is 262 g/mol. The minimum absolute atomic E-state index is 0.0222. The largest absolute Gasteiger partial charge is 0.481 e. The lowest BCUT2D eigenvalue weighted by atomic mass is 10.1. The first kappa shape index (κ1) is 13.4. The van der Waals surface area contributed by atoms with Crippen LogP contribution in [0.4, 0.5) is 10.5 Å². The van der Waals surface area contributed by atoms with E-state index in [0.29, 0.717) is 6.54 Å². The third kappa shape index (κ3) is 3.05. The predicted molar refractivity (Wildman–Crippen MR) is 72.2 cm³/mol. The number of benzene rings is 1. The molecule has 19 heavy (non-hydrogen) atoms. The van der Waals surface area contributed by atoms with E-state index in [1.165, 1.54) is 0 Å². The van der Waals surface area contributed by atoms with E-state index in [1.54, 1.807) is 16.8 Å². The van der Waals surface area contributed by atoms with Crippen molar-refractivity contribution >= 4 is 17.7 Å². The maximum atomic E-state index is 12.4. The van der Waals surface area contributed by atoms with Gasteiger partial charge >= 0.3 is 12.0 Å². The van der Waals surface area contributed by atoms with Gasteiger partial charge in [0.25, 0.3) is 0 Å². The van der Waals surface area contributed by atoms with Gasteiger partial charge in [0.2, 0.25) is 0 Å². The SMILES string of the molecule is CN(C(=O)N1CCCC1CC(=O)O)c1ccccc1. The zero-order valence-electron chi connectivity index (χ0n) is 11.0. The van der Waals surface area contributed by atoms with Gasteiger partial charge in [0.1, 0.15) is 0 Å². The molecular formula is C14H18N2O3. The Morgan fingerprint density at radius 1 is 1.37 bits per heavy atom. The van der Waals surface area contributed by atoms with Crippen LogP contribution in [0.25, 0.3) is 0 Å². The van der Waals surface area contributed by atoms with Gasteiger partial charge < -0.3 is 10.0 Å². The van der Waals surface area contributed by atoms with Gasteiger partial charge in [0, 0.05) is 25.3 Å². The van der Waals surface area contributed by atoms with Crippen LogP contribution in [0.2, 0.25) is 0 Å². The van der Waals surface area contributed by atoms with Gasteiger partial charge in [-0.15, -0.1) is 0 Å². The molecule has 1 aromatic carbocycles. The first-order chi connectivity index (χ1) is 9.09. The fraction of sp³-hybridized carbons (Fsp3) is 0.429. The number of rotatable bonds is 3. The molecule has 0 bridgehead atoms. The summed E-state index contributed by atoms with van der Waals surface area (Å²) in [6.45, 7) is 0.633. The van der Waals surface area contributed by atoms with Crippen LogP contribution in [-0.4, -0.2) is 41.6 Å². The molecule has 2 rings (SSSR count). The molecular weight excluding hydrogens is 244 g/mol. The first-order valence-electron chi connectivity index (χ1n) is 6.41. The molecule has 0 spiro atoms. The lowest BCUT2D eigenvalue weighted by Gasteiger charge is -2.29. The second-order valence-electron chi connectivity index (χ2n) is 4.76. The summed E-state index contributed by atoms with van der Waals surface area (Å²) in [6.07, 6.45) is 1.65. The molecule has 0 aromatic heterocycles. The van der Waals surface area contributed by atoms with Crippen molar-refractivity contribution in [1.29, 1.82) is 0 Å². The molecule has 1 saturated heterocycles. The minimum atomic E-state index is -0.855. The van der Waals surface area contributed by atoms with Crippen molar-refractivity contribution in [3.05, 3.63) is 30.3 Å². The van der Waals surface area contributed by atoms with Gasteiger partial charge in [-0.3, -0.25) is 9.69 Å². The van der Waals surface area contributed by atoms with E-state index in [1.807, 2.05) is 30.3 Å². The highest BCUT2D eigenvalue weighted by molar-refractivity contribution is 5.92. The molecule has 0 saturated carbocycles. The van der Waals surface area contributed by atoms with Crippen LogP contribution in [-0.2, 0) is 4.79 Å².